The molecule has 0 bridgehead atoms. The number of benzene rings is 2. The van der Waals surface area contributed by atoms with Gasteiger partial charge in [0.05, 0.1) is 5.69 Å². The molecule has 0 atom stereocenters. The quantitative estimate of drug-likeness (QED) is 0.171. The zero-order valence-electron chi connectivity index (χ0n) is 17.2. The molecule has 0 fully saturated rings. The number of anilines is 1. The van der Waals surface area contributed by atoms with Crippen LogP contribution in [0.5, 0.6) is 0 Å². The summed E-state index contributed by atoms with van der Waals surface area (Å²) in [4.78, 5) is 16.9. The Morgan fingerprint density at radius 2 is 1.83 bits per heavy atom. The summed E-state index contributed by atoms with van der Waals surface area (Å²) in [5, 5.41) is 2.07. The van der Waals surface area contributed by atoms with Gasteiger partial charge in [0.15, 0.2) is 0 Å². The van der Waals surface area contributed by atoms with Crippen molar-refractivity contribution in [2.45, 2.75) is 25.5 Å². The summed E-state index contributed by atoms with van der Waals surface area (Å²) in [5.74, 6) is 12.2. The molecule has 2 aromatic rings. The van der Waals surface area contributed by atoms with E-state index in [9.17, 15) is 4.79 Å². The van der Waals surface area contributed by atoms with Crippen LogP contribution in [0.4, 0.5) is 10.5 Å². The predicted octanol–water partition coefficient (Wildman–Crippen LogP) is 4.19. The third-order valence-corrected chi connectivity index (χ3v) is 6.52. The van der Waals surface area contributed by atoms with E-state index < -0.39 is 6.03 Å². The zero-order valence-corrected chi connectivity index (χ0v) is 18.8. The number of urea groups is 1. The fraction of sp³-hybridized carbons (Fsp3) is 0.333. The van der Waals surface area contributed by atoms with E-state index in [1.807, 2.05) is 37.4 Å². The molecule has 0 saturated heterocycles. The number of hydrogen-bond donors (Lipinski definition) is 2. The number of carbonyl (C=O) groups excluding carboxylic acids is 1. The lowest BCUT2D eigenvalue weighted by atomic mass is 10.1. The number of thioether (sulfide) groups is 2. The smallest absolute Gasteiger partial charge is 0.272 e. The van der Waals surface area contributed by atoms with Crippen LogP contribution in [-0.2, 0) is 12.2 Å². The first-order valence-electron chi connectivity index (χ1n) is 9.35. The fourth-order valence-corrected chi connectivity index (χ4v) is 4.47. The lowest BCUT2D eigenvalue weighted by Crippen LogP contribution is -2.49. The Morgan fingerprint density at radius 3 is 2.48 bits per heavy atom. The molecule has 2 amide bonds. The van der Waals surface area contributed by atoms with Crippen molar-refractivity contribution in [1.82, 2.24) is 5.01 Å². The van der Waals surface area contributed by atoms with Crippen molar-refractivity contribution < 1.29 is 4.79 Å². The molecule has 0 radical (unpaired) electrons. The van der Waals surface area contributed by atoms with Crippen LogP contribution in [0.3, 0.4) is 0 Å². The molecule has 29 heavy (non-hydrogen) atoms. The molecule has 0 unspecified atom stereocenters. The second-order valence-electron chi connectivity index (χ2n) is 6.57. The van der Waals surface area contributed by atoms with Crippen LogP contribution in [0.2, 0.25) is 0 Å². The van der Waals surface area contributed by atoms with Crippen molar-refractivity contribution in [2.75, 3.05) is 24.9 Å². The lowest BCUT2D eigenvalue weighted by Gasteiger charge is -2.24. The van der Waals surface area contributed by atoms with Crippen molar-refractivity contribution in [3.05, 3.63) is 65.2 Å². The summed E-state index contributed by atoms with van der Waals surface area (Å²) in [6.45, 7) is 2.80. The predicted molar refractivity (Wildman–Crippen MR) is 127 cm³/mol. The van der Waals surface area contributed by atoms with Gasteiger partial charge in [0.25, 0.3) is 0 Å². The molecule has 0 aliphatic rings. The third-order valence-electron chi connectivity index (χ3n) is 4.37. The third kappa shape index (κ3) is 7.08. The van der Waals surface area contributed by atoms with Gasteiger partial charge in [-0.15, -0.1) is 11.8 Å². The van der Waals surface area contributed by atoms with Crippen molar-refractivity contribution in [3.63, 3.8) is 0 Å². The van der Waals surface area contributed by atoms with Crippen molar-refractivity contribution in [2.24, 2.45) is 16.7 Å². The van der Waals surface area contributed by atoms with Crippen molar-refractivity contribution in [3.8, 4) is 0 Å². The molecule has 156 valence electrons. The normalized spacial score (nSPS) is 11.4. The summed E-state index contributed by atoms with van der Waals surface area (Å²) < 4.78 is 1.03. The zero-order chi connectivity index (χ0) is 21.2. The van der Waals surface area contributed by atoms with Gasteiger partial charge in [-0.25, -0.2) is 21.5 Å². The monoisotopic (exact) mass is 431 g/mol. The number of hydrazine groups is 2. The number of nitrogens with two attached hydrogens (primary N) is 2. The molecular weight excluding hydrogens is 402 g/mol. The van der Waals surface area contributed by atoms with E-state index >= 15 is 0 Å². The minimum atomic E-state index is -0.471. The average Bonchev–Trinajstić information content (AvgIpc) is 2.73. The number of nitrogens with zero attached hydrogens (tertiary/aromatic N) is 3. The van der Waals surface area contributed by atoms with E-state index in [0.29, 0.717) is 11.4 Å². The Kier molecular flexibility index (Phi) is 9.53. The molecule has 2 aromatic carbocycles. The molecule has 0 aliphatic heterocycles. The largest absolute Gasteiger partial charge is 0.352 e. The Labute approximate surface area is 181 Å². The molecule has 0 spiro atoms. The Bertz CT molecular complexity index is 827. The summed E-state index contributed by atoms with van der Waals surface area (Å²) in [6.07, 6.45) is 4.07. The number of hydrogen-bond acceptors (Lipinski definition) is 6. The topological polar surface area (TPSA) is 88.0 Å². The number of aliphatic imine (C=N–C) groups is 1. The first-order valence-corrected chi connectivity index (χ1v) is 11.6. The standard InChI is InChI=1S/C21H29N5OS2/c1-16-9-7-13-19(26(23)21(27)25(2)22)18(16)15-29-20(28-3)24-14-8-12-17-10-5-4-6-11-17/h4-7,9-11,13H,8,12,14-15,22-23H2,1-3H3/b24-20+. The van der Waals surface area contributed by atoms with Gasteiger partial charge in [0, 0.05) is 19.3 Å². The molecule has 0 heterocycles. The number of rotatable bonds is 7. The van der Waals surface area contributed by atoms with Crippen LogP contribution in [-0.4, -0.2) is 35.3 Å². The van der Waals surface area contributed by atoms with Gasteiger partial charge in [-0.05, 0) is 48.8 Å². The van der Waals surface area contributed by atoms with Gasteiger partial charge in [-0.1, -0.05) is 54.2 Å². The van der Waals surface area contributed by atoms with Crippen LogP contribution in [0.1, 0.15) is 23.1 Å². The van der Waals surface area contributed by atoms with Crippen LogP contribution < -0.4 is 16.7 Å². The first-order chi connectivity index (χ1) is 13.9. The average molecular weight is 432 g/mol. The number of aryl methyl sites for hydroxylation is 2. The fourth-order valence-electron chi connectivity index (χ4n) is 2.77. The SMILES string of the molecule is CS/C(=N\CCCc1ccccc1)SCc1c(C)cccc1N(N)C(=O)N(C)N. The molecular formula is C21H29N5OS2. The van der Waals surface area contributed by atoms with Gasteiger partial charge in [0.1, 0.15) is 4.38 Å². The molecule has 2 rings (SSSR count). The minimum Gasteiger partial charge on any atom is -0.272 e. The minimum absolute atomic E-state index is 0.471. The van der Waals surface area contributed by atoms with E-state index in [0.717, 1.165) is 44.9 Å². The molecule has 4 N–H and O–H groups in total. The van der Waals surface area contributed by atoms with E-state index in [2.05, 4.69) is 24.3 Å². The Hall–Kier alpha value is -2.00. The molecule has 0 saturated carbocycles. The second kappa shape index (κ2) is 11.9. The van der Waals surface area contributed by atoms with Gasteiger partial charge in [-0.2, -0.15) is 0 Å². The molecule has 0 aromatic heterocycles. The number of amides is 2. The summed E-state index contributed by atoms with van der Waals surface area (Å²) >= 11 is 3.30. The Balaban J connectivity index is 2.00. The van der Waals surface area contributed by atoms with Gasteiger partial charge in [-0.3, -0.25) is 10.0 Å². The van der Waals surface area contributed by atoms with Gasteiger partial charge >= 0.3 is 6.03 Å². The maximum atomic E-state index is 12.2. The van der Waals surface area contributed by atoms with E-state index in [1.165, 1.54) is 12.6 Å². The summed E-state index contributed by atoms with van der Waals surface area (Å²) in [7, 11) is 1.47. The summed E-state index contributed by atoms with van der Waals surface area (Å²) in [6, 6.07) is 15.7. The van der Waals surface area contributed by atoms with E-state index in [4.69, 9.17) is 16.7 Å². The highest BCUT2D eigenvalue weighted by Gasteiger charge is 2.19. The lowest BCUT2D eigenvalue weighted by molar-refractivity contribution is 0.216. The molecule has 6 nitrogen and oxygen atoms in total. The highest BCUT2D eigenvalue weighted by Crippen LogP contribution is 2.29. The van der Waals surface area contributed by atoms with Crippen LogP contribution in [0.15, 0.2) is 53.5 Å². The van der Waals surface area contributed by atoms with Crippen LogP contribution in [0.25, 0.3) is 0 Å². The Morgan fingerprint density at radius 1 is 1.10 bits per heavy atom. The van der Waals surface area contributed by atoms with Crippen molar-refractivity contribution >= 4 is 39.6 Å². The number of carbonyl (C=O) groups is 1. The highest BCUT2D eigenvalue weighted by atomic mass is 32.2. The van der Waals surface area contributed by atoms with Crippen LogP contribution >= 0.6 is 23.5 Å². The maximum Gasteiger partial charge on any atom is 0.352 e. The van der Waals surface area contributed by atoms with Crippen molar-refractivity contribution in [1.29, 1.82) is 0 Å². The van der Waals surface area contributed by atoms with Crippen LogP contribution in [0, 0.1) is 6.92 Å². The maximum absolute atomic E-state index is 12.2. The van der Waals surface area contributed by atoms with Gasteiger partial charge in [0.2, 0.25) is 0 Å². The summed E-state index contributed by atoms with van der Waals surface area (Å²) in [5.41, 5.74) is 4.07. The second-order valence-corrected chi connectivity index (χ2v) is 8.58. The first kappa shape index (κ1) is 23.3. The molecule has 0 aliphatic carbocycles. The van der Waals surface area contributed by atoms with E-state index in [1.54, 1.807) is 23.5 Å². The van der Waals surface area contributed by atoms with Gasteiger partial charge < -0.3 is 0 Å². The van der Waals surface area contributed by atoms with E-state index in [-0.39, 0.29) is 0 Å². The molecule has 8 heteroatoms. The highest BCUT2D eigenvalue weighted by molar-refractivity contribution is 8.38.